The number of carbonyl (C=O) groups is 1. The van der Waals surface area contributed by atoms with Crippen LogP contribution in [0.25, 0.3) is 0 Å². The maximum absolute atomic E-state index is 13.3. The van der Waals surface area contributed by atoms with Crippen molar-refractivity contribution in [3.05, 3.63) is 95.1 Å². The Morgan fingerprint density at radius 1 is 0.882 bits per heavy atom. The fourth-order valence-electron chi connectivity index (χ4n) is 3.22. The predicted molar refractivity (Wildman–Crippen MR) is 136 cm³/mol. The fourth-order valence-corrected chi connectivity index (χ4v) is 4.60. The molecule has 34 heavy (non-hydrogen) atoms. The summed E-state index contributed by atoms with van der Waals surface area (Å²) in [5.74, 6) is -0.524. The molecule has 3 aromatic rings. The molecule has 0 aliphatic carbocycles. The van der Waals surface area contributed by atoms with Gasteiger partial charge in [0.05, 0.1) is 17.7 Å². The number of hydrazone groups is 1. The average Bonchev–Trinajstić information content (AvgIpc) is 2.80. The SMILES string of the molecule is Cc1ccc(CN(CC(=O)NN=Cc2ccc(N(C)C)cc2)S(=O)(=O)c2ccc(C)cc2)cc1. The molecule has 1 N–H and O–H groups in total. The van der Waals surface area contributed by atoms with Crippen LogP contribution in [-0.2, 0) is 21.4 Å². The Bertz CT molecular complexity index is 1230. The van der Waals surface area contributed by atoms with Crippen LogP contribution in [0.4, 0.5) is 5.69 Å². The van der Waals surface area contributed by atoms with Gasteiger partial charge in [-0.1, -0.05) is 59.7 Å². The number of anilines is 1. The normalized spacial score (nSPS) is 11.7. The highest BCUT2D eigenvalue weighted by molar-refractivity contribution is 7.89. The average molecular weight is 479 g/mol. The third-order valence-corrected chi connectivity index (χ3v) is 7.08. The van der Waals surface area contributed by atoms with Crippen LogP contribution in [0.5, 0.6) is 0 Å². The minimum Gasteiger partial charge on any atom is -0.378 e. The van der Waals surface area contributed by atoms with Crippen molar-refractivity contribution in [1.82, 2.24) is 9.73 Å². The van der Waals surface area contributed by atoms with Gasteiger partial charge in [0.25, 0.3) is 5.91 Å². The first kappa shape index (κ1) is 25.1. The van der Waals surface area contributed by atoms with E-state index in [1.165, 1.54) is 10.5 Å². The first-order valence-corrected chi connectivity index (χ1v) is 12.3. The van der Waals surface area contributed by atoms with Crippen LogP contribution in [0.1, 0.15) is 22.3 Å². The highest BCUT2D eigenvalue weighted by Crippen LogP contribution is 2.19. The van der Waals surface area contributed by atoms with Crippen molar-refractivity contribution in [2.75, 3.05) is 25.5 Å². The zero-order valence-corrected chi connectivity index (χ0v) is 20.7. The monoisotopic (exact) mass is 478 g/mol. The maximum atomic E-state index is 13.3. The summed E-state index contributed by atoms with van der Waals surface area (Å²) in [6.45, 7) is 3.56. The van der Waals surface area contributed by atoms with Gasteiger partial charge in [0.2, 0.25) is 10.0 Å². The molecule has 0 saturated heterocycles. The third kappa shape index (κ3) is 6.76. The zero-order valence-electron chi connectivity index (χ0n) is 19.9. The fraction of sp³-hybridized carbons (Fsp3) is 0.231. The summed E-state index contributed by atoms with van der Waals surface area (Å²) in [7, 11) is 0.0140. The minimum absolute atomic E-state index is 0.0691. The topological polar surface area (TPSA) is 82.1 Å². The molecule has 7 nitrogen and oxygen atoms in total. The number of nitrogens with zero attached hydrogens (tertiary/aromatic N) is 3. The van der Waals surface area contributed by atoms with Crippen molar-refractivity contribution < 1.29 is 13.2 Å². The second kappa shape index (κ2) is 11.1. The van der Waals surface area contributed by atoms with E-state index >= 15 is 0 Å². The molecule has 0 unspecified atom stereocenters. The molecule has 0 aliphatic rings. The van der Waals surface area contributed by atoms with Crippen LogP contribution >= 0.6 is 0 Å². The number of benzene rings is 3. The van der Waals surface area contributed by atoms with Gasteiger partial charge < -0.3 is 4.90 Å². The van der Waals surface area contributed by atoms with E-state index in [0.717, 1.165) is 27.9 Å². The number of rotatable bonds is 9. The van der Waals surface area contributed by atoms with Crippen molar-refractivity contribution in [3.63, 3.8) is 0 Å². The smallest absolute Gasteiger partial charge is 0.255 e. The molecule has 0 fully saturated rings. The summed E-state index contributed by atoms with van der Waals surface area (Å²) >= 11 is 0. The van der Waals surface area contributed by atoms with Gasteiger partial charge >= 0.3 is 0 Å². The molecule has 178 valence electrons. The zero-order chi connectivity index (χ0) is 24.7. The van der Waals surface area contributed by atoms with E-state index in [1.807, 2.05) is 81.4 Å². The van der Waals surface area contributed by atoms with E-state index in [9.17, 15) is 13.2 Å². The van der Waals surface area contributed by atoms with Gasteiger partial charge in [0.15, 0.2) is 0 Å². The Balaban J connectivity index is 1.75. The highest BCUT2D eigenvalue weighted by Gasteiger charge is 2.27. The van der Waals surface area contributed by atoms with Gasteiger partial charge in [-0.15, -0.1) is 0 Å². The summed E-state index contributed by atoms with van der Waals surface area (Å²) in [6.07, 6.45) is 1.52. The first-order valence-electron chi connectivity index (χ1n) is 10.9. The summed E-state index contributed by atoms with van der Waals surface area (Å²) < 4.78 is 27.8. The Morgan fingerprint density at radius 2 is 1.44 bits per heavy atom. The maximum Gasteiger partial charge on any atom is 0.255 e. The molecule has 0 aliphatic heterocycles. The molecule has 0 saturated carbocycles. The van der Waals surface area contributed by atoms with Crippen molar-refractivity contribution in [1.29, 1.82) is 0 Å². The van der Waals surface area contributed by atoms with Gasteiger partial charge in [-0.2, -0.15) is 9.41 Å². The molecule has 0 spiro atoms. The molecule has 0 atom stereocenters. The third-order valence-electron chi connectivity index (χ3n) is 5.27. The molecule has 1 amide bonds. The molecule has 0 bridgehead atoms. The van der Waals surface area contributed by atoms with Crippen LogP contribution < -0.4 is 10.3 Å². The van der Waals surface area contributed by atoms with Gasteiger partial charge in [-0.25, -0.2) is 13.8 Å². The van der Waals surface area contributed by atoms with Gasteiger partial charge in [0, 0.05) is 26.3 Å². The largest absolute Gasteiger partial charge is 0.378 e. The lowest BCUT2D eigenvalue weighted by Crippen LogP contribution is -2.39. The van der Waals surface area contributed by atoms with Crippen LogP contribution in [-0.4, -0.2) is 45.5 Å². The Labute approximate surface area is 201 Å². The lowest BCUT2D eigenvalue weighted by atomic mass is 10.1. The van der Waals surface area contributed by atoms with E-state index in [0.29, 0.717) is 0 Å². The summed E-state index contributed by atoms with van der Waals surface area (Å²) in [5.41, 5.74) is 7.12. The number of sulfonamides is 1. The Kier molecular flexibility index (Phi) is 8.20. The highest BCUT2D eigenvalue weighted by atomic mass is 32.2. The van der Waals surface area contributed by atoms with E-state index in [4.69, 9.17) is 0 Å². The van der Waals surface area contributed by atoms with E-state index in [-0.39, 0.29) is 18.0 Å². The number of carbonyl (C=O) groups excluding carboxylic acids is 1. The molecular formula is C26H30N4O3S. The van der Waals surface area contributed by atoms with Crippen molar-refractivity contribution in [2.45, 2.75) is 25.3 Å². The quantitative estimate of drug-likeness (QED) is 0.376. The van der Waals surface area contributed by atoms with E-state index < -0.39 is 15.9 Å². The predicted octanol–water partition coefficient (Wildman–Crippen LogP) is 3.71. The van der Waals surface area contributed by atoms with Gasteiger partial charge in [0.1, 0.15) is 0 Å². The van der Waals surface area contributed by atoms with Crippen molar-refractivity contribution >= 4 is 27.8 Å². The van der Waals surface area contributed by atoms with Crippen LogP contribution in [0.3, 0.4) is 0 Å². The minimum atomic E-state index is -3.90. The summed E-state index contributed by atoms with van der Waals surface area (Å²) in [4.78, 5) is 14.8. The van der Waals surface area contributed by atoms with E-state index in [2.05, 4.69) is 10.5 Å². The molecule has 3 aromatic carbocycles. The molecule has 0 heterocycles. The van der Waals surface area contributed by atoms with Crippen LogP contribution in [0.15, 0.2) is 82.8 Å². The Morgan fingerprint density at radius 3 is 2.00 bits per heavy atom. The number of amides is 1. The van der Waals surface area contributed by atoms with Crippen LogP contribution in [0.2, 0.25) is 0 Å². The van der Waals surface area contributed by atoms with Crippen molar-refractivity contribution in [3.8, 4) is 0 Å². The van der Waals surface area contributed by atoms with Crippen molar-refractivity contribution in [2.24, 2.45) is 5.10 Å². The molecule has 3 rings (SSSR count). The number of nitrogens with one attached hydrogen (secondary N) is 1. The number of hydrogen-bond donors (Lipinski definition) is 1. The number of hydrogen-bond acceptors (Lipinski definition) is 5. The Hall–Kier alpha value is -3.49. The van der Waals surface area contributed by atoms with E-state index in [1.54, 1.807) is 24.3 Å². The summed E-state index contributed by atoms with van der Waals surface area (Å²) in [5, 5.41) is 3.99. The number of aryl methyl sites for hydroxylation is 2. The standard InChI is InChI=1S/C26H30N4O3S/c1-20-5-9-23(10-6-20)18-30(34(32,33)25-15-7-21(2)8-16-25)19-26(31)28-27-17-22-11-13-24(14-12-22)29(3)4/h5-17H,18-19H2,1-4H3,(H,28,31). The van der Waals surface area contributed by atoms with Crippen LogP contribution in [0, 0.1) is 13.8 Å². The van der Waals surface area contributed by atoms with Gasteiger partial charge in [-0.3, -0.25) is 4.79 Å². The molecular weight excluding hydrogens is 448 g/mol. The molecule has 0 radical (unpaired) electrons. The second-order valence-electron chi connectivity index (χ2n) is 8.35. The lowest BCUT2D eigenvalue weighted by Gasteiger charge is -2.21. The first-order chi connectivity index (χ1) is 16.1. The molecule has 0 aromatic heterocycles. The lowest BCUT2D eigenvalue weighted by molar-refractivity contribution is -0.121. The summed E-state index contributed by atoms with van der Waals surface area (Å²) in [6, 6.07) is 21.8. The van der Waals surface area contributed by atoms with Gasteiger partial charge in [-0.05, 0) is 49.2 Å². The second-order valence-corrected chi connectivity index (χ2v) is 10.3. The molecule has 8 heteroatoms.